The molecule has 19 heavy (non-hydrogen) atoms. The molecular formula is C14H29N2O2P+. The van der Waals surface area contributed by atoms with Crippen molar-refractivity contribution in [2.24, 2.45) is 0 Å². The van der Waals surface area contributed by atoms with Crippen molar-refractivity contribution in [3.8, 4) is 0 Å². The average molecular weight is 288 g/mol. The van der Waals surface area contributed by atoms with Gasteiger partial charge in [0.2, 0.25) is 5.91 Å². The van der Waals surface area contributed by atoms with E-state index in [9.17, 15) is 10.0 Å². The second-order valence-corrected chi connectivity index (χ2v) is 7.61. The molecule has 0 aromatic heterocycles. The second-order valence-electron chi connectivity index (χ2n) is 6.90. The van der Waals surface area contributed by atoms with Gasteiger partial charge in [-0.3, -0.25) is 4.79 Å². The van der Waals surface area contributed by atoms with Gasteiger partial charge >= 0.3 is 0 Å². The number of carbonyl (C=O) groups is 1. The third-order valence-electron chi connectivity index (χ3n) is 3.86. The van der Waals surface area contributed by atoms with Gasteiger partial charge in [0.1, 0.15) is 0 Å². The van der Waals surface area contributed by atoms with E-state index in [1.807, 2.05) is 36.9 Å². The molecule has 1 unspecified atom stereocenters. The molecule has 1 fully saturated rings. The summed E-state index contributed by atoms with van der Waals surface area (Å²) < 4.78 is 0. The standard InChI is InChI=1S/C14H28N2O2P/c1-13(2)9-11(10-14(3,4)16(13)18)15-12(17)7-5-6-8-19/h11H,5-10,19H2,1-4H3,(H,15,17)/p+1. The summed E-state index contributed by atoms with van der Waals surface area (Å²) >= 11 is 0. The molecule has 1 amide bonds. The lowest BCUT2D eigenvalue weighted by molar-refractivity contribution is -0.290. The molecule has 0 aliphatic carbocycles. The van der Waals surface area contributed by atoms with E-state index in [1.165, 1.54) is 5.06 Å². The maximum atomic E-state index is 12.2. The summed E-state index contributed by atoms with van der Waals surface area (Å²) in [5, 5.41) is 16.5. The summed E-state index contributed by atoms with van der Waals surface area (Å²) in [6.07, 6.45) is 5.28. The van der Waals surface area contributed by atoms with Crippen molar-refractivity contribution >= 4 is 15.1 Å². The summed E-state index contributed by atoms with van der Waals surface area (Å²) in [6, 6.07) is 0.117. The van der Waals surface area contributed by atoms with Crippen LogP contribution in [-0.2, 0) is 10.0 Å². The number of rotatable bonds is 5. The molecule has 0 saturated carbocycles. The van der Waals surface area contributed by atoms with Crippen molar-refractivity contribution in [3.63, 3.8) is 0 Å². The van der Waals surface area contributed by atoms with Crippen molar-refractivity contribution in [1.82, 2.24) is 10.4 Å². The Morgan fingerprint density at radius 2 is 1.74 bits per heavy atom. The number of hydrogen-bond acceptors (Lipinski definition) is 2. The second kappa shape index (κ2) is 6.51. The Kier molecular flexibility index (Phi) is 5.78. The first kappa shape index (κ1) is 16.9. The summed E-state index contributed by atoms with van der Waals surface area (Å²) in [6.45, 7) is 7.83. The van der Waals surface area contributed by atoms with Gasteiger partial charge in [-0.25, -0.2) is 0 Å². The average Bonchev–Trinajstić information content (AvgIpc) is 2.25. The van der Waals surface area contributed by atoms with Crippen molar-refractivity contribution in [3.05, 3.63) is 0 Å². The first-order valence-corrected chi connectivity index (χ1v) is 8.25. The van der Waals surface area contributed by atoms with E-state index in [0.717, 1.165) is 31.8 Å². The highest BCUT2D eigenvalue weighted by Crippen LogP contribution is 2.36. The largest absolute Gasteiger partial charge is 0.353 e. The zero-order chi connectivity index (χ0) is 14.7. The van der Waals surface area contributed by atoms with E-state index in [1.54, 1.807) is 0 Å². The van der Waals surface area contributed by atoms with Crippen LogP contribution in [0.2, 0.25) is 0 Å². The molecule has 0 aromatic carbocycles. The normalized spacial score (nSPS) is 23.4. The van der Waals surface area contributed by atoms with Crippen LogP contribution in [0.4, 0.5) is 0 Å². The maximum Gasteiger partial charge on any atom is 0.220 e. The highest BCUT2D eigenvalue weighted by molar-refractivity contribution is 7.16. The molecule has 1 aliphatic heterocycles. The summed E-state index contributed by atoms with van der Waals surface area (Å²) in [4.78, 5) is 11.9. The van der Waals surface area contributed by atoms with Crippen molar-refractivity contribution in [1.29, 1.82) is 0 Å². The zero-order valence-corrected chi connectivity index (χ0v) is 14.2. The van der Waals surface area contributed by atoms with Crippen LogP contribution in [0.5, 0.6) is 0 Å². The third-order valence-corrected chi connectivity index (χ3v) is 4.36. The summed E-state index contributed by atoms with van der Waals surface area (Å²) in [5.41, 5.74) is -0.825. The highest BCUT2D eigenvalue weighted by atomic mass is 31.0. The Balaban J connectivity index is 2.53. The predicted octanol–water partition coefficient (Wildman–Crippen LogP) is 2.25. The number of nitrogens with zero attached hydrogens (tertiary/aromatic N) is 1. The highest BCUT2D eigenvalue weighted by Gasteiger charge is 2.46. The Morgan fingerprint density at radius 1 is 1.21 bits per heavy atom. The molecule has 5 heteroatoms. The third kappa shape index (κ3) is 4.70. The maximum absolute atomic E-state index is 12.2. The van der Waals surface area contributed by atoms with E-state index < -0.39 is 11.1 Å². The van der Waals surface area contributed by atoms with Crippen molar-refractivity contribution in [2.75, 3.05) is 6.16 Å². The van der Waals surface area contributed by atoms with Crippen LogP contribution in [0.25, 0.3) is 0 Å². The number of hydrogen-bond donors (Lipinski definition) is 1. The smallest absolute Gasteiger partial charge is 0.220 e. The van der Waals surface area contributed by atoms with Crippen LogP contribution in [0, 0.1) is 0 Å². The molecule has 1 heterocycles. The molecule has 111 valence electrons. The molecule has 0 aromatic rings. The molecule has 1 rings (SSSR count). The van der Waals surface area contributed by atoms with Gasteiger partial charge < -0.3 is 5.32 Å². The summed E-state index contributed by atoms with van der Waals surface area (Å²) in [7, 11) is 1.95. The van der Waals surface area contributed by atoms with Crippen LogP contribution in [-0.4, -0.2) is 34.3 Å². The van der Waals surface area contributed by atoms with Crippen molar-refractivity contribution in [2.45, 2.75) is 76.9 Å². The SMILES string of the molecule is CC1(C)CC(NC(=O)CCCC[PH3+])CC(C)(C)N1[O]. The van der Waals surface area contributed by atoms with E-state index in [0.29, 0.717) is 6.42 Å². The molecule has 1 N–H and O–H groups in total. The zero-order valence-electron chi connectivity index (χ0n) is 12.8. The fourth-order valence-electron chi connectivity index (χ4n) is 3.13. The number of unbranched alkanes of at least 4 members (excludes halogenated alkanes) is 1. The lowest BCUT2D eigenvalue weighted by atomic mass is 9.79. The Labute approximate surface area is 119 Å². The van der Waals surface area contributed by atoms with E-state index in [-0.39, 0.29) is 11.9 Å². The molecule has 4 nitrogen and oxygen atoms in total. The minimum Gasteiger partial charge on any atom is -0.353 e. The molecule has 0 bridgehead atoms. The van der Waals surface area contributed by atoms with E-state index in [2.05, 4.69) is 5.32 Å². The topological polar surface area (TPSA) is 52.2 Å². The minimum absolute atomic E-state index is 0.117. The molecular weight excluding hydrogens is 259 g/mol. The molecule has 1 aliphatic rings. The Bertz CT molecular complexity index is 301. The van der Waals surface area contributed by atoms with E-state index >= 15 is 0 Å². The van der Waals surface area contributed by atoms with Gasteiger partial charge in [0.05, 0.1) is 6.16 Å². The van der Waals surface area contributed by atoms with Gasteiger partial charge in [-0.15, -0.1) is 10.3 Å². The number of carbonyl (C=O) groups excluding carboxylic acids is 1. The Morgan fingerprint density at radius 3 is 2.21 bits per heavy atom. The van der Waals surface area contributed by atoms with Crippen LogP contribution in [0.15, 0.2) is 0 Å². The van der Waals surface area contributed by atoms with E-state index in [4.69, 9.17) is 0 Å². The minimum atomic E-state index is -0.412. The number of nitrogens with one attached hydrogen (secondary N) is 1. The number of amides is 1. The van der Waals surface area contributed by atoms with Gasteiger partial charge in [-0.2, -0.15) is 0 Å². The fraction of sp³-hybridized carbons (Fsp3) is 0.929. The molecule has 0 spiro atoms. The van der Waals surface area contributed by atoms with Crippen LogP contribution >= 0.6 is 9.24 Å². The molecule has 1 atom stereocenters. The van der Waals surface area contributed by atoms with Gasteiger partial charge in [0.15, 0.2) is 0 Å². The van der Waals surface area contributed by atoms with Crippen LogP contribution in [0.1, 0.15) is 59.8 Å². The van der Waals surface area contributed by atoms with Gasteiger partial charge in [0, 0.05) is 23.5 Å². The fourth-order valence-corrected chi connectivity index (χ4v) is 3.48. The van der Waals surface area contributed by atoms with Crippen LogP contribution < -0.4 is 5.32 Å². The first-order valence-electron chi connectivity index (χ1n) is 7.25. The number of piperidine rings is 1. The molecule has 1 radical (unpaired) electrons. The lowest BCUT2D eigenvalue weighted by Crippen LogP contribution is -2.62. The number of hydroxylamine groups is 2. The van der Waals surface area contributed by atoms with Gasteiger partial charge in [-0.1, -0.05) is 0 Å². The summed E-state index contributed by atoms with van der Waals surface area (Å²) in [5.74, 6) is 0.132. The first-order chi connectivity index (χ1) is 8.69. The van der Waals surface area contributed by atoms with Gasteiger partial charge in [-0.05, 0) is 62.6 Å². The lowest BCUT2D eigenvalue weighted by Gasteiger charge is -2.50. The monoisotopic (exact) mass is 288 g/mol. The quantitative estimate of drug-likeness (QED) is 0.623. The predicted molar refractivity (Wildman–Crippen MR) is 81.7 cm³/mol. The van der Waals surface area contributed by atoms with Crippen LogP contribution in [0.3, 0.4) is 0 Å². The van der Waals surface area contributed by atoms with Gasteiger partial charge in [0.25, 0.3) is 0 Å². The molecule has 1 saturated heterocycles. The van der Waals surface area contributed by atoms with Crippen molar-refractivity contribution < 1.29 is 10.0 Å². The Hall–Kier alpha value is -0.180.